The van der Waals surface area contributed by atoms with Gasteiger partial charge in [-0.05, 0) is 56.5 Å². The van der Waals surface area contributed by atoms with Gasteiger partial charge in [-0.1, -0.05) is 6.07 Å². The highest BCUT2D eigenvalue weighted by Gasteiger charge is 2.36. The first-order valence-corrected chi connectivity index (χ1v) is 9.61. The van der Waals surface area contributed by atoms with E-state index in [0.29, 0.717) is 0 Å². The van der Waals surface area contributed by atoms with Crippen molar-refractivity contribution in [3.8, 4) is 5.75 Å². The lowest BCUT2D eigenvalue weighted by Gasteiger charge is -2.38. The van der Waals surface area contributed by atoms with E-state index in [1.807, 2.05) is 6.92 Å². The average Bonchev–Trinajstić information content (AvgIpc) is 2.56. The lowest BCUT2D eigenvalue weighted by molar-refractivity contribution is 0.102. The third-order valence-corrected chi connectivity index (χ3v) is 6.08. The minimum Gasteiger partial charge on any atom is -0.505 e. The molecule has 1 amide bonds. The van der Waals surface area contributed by atoms with Crippen LogP contribution in [0.25, 0.3) is 0 Å². The Morgan fingerprint density at radius 2 is 1.92 bits per heavy atom. The van der Waals surface area contributed by atoms with Crippen LogP contribution in [-0.2, 0) is 10.0 Å². The van der Waals surface area contributed by atoms with Crippen LogP contribution in [0.4, 0.5) is 10.1 Å². The second kappa shape index (κ2) is 6.69. The van der Waals surface area contributed by atoms with Crippen LogP contribution in [0.1, 0.15) is 36.5 Å². The number of aromatic hydroxyl groups is 1. The number of anilines is 1. The zero-order chi connectivity index (χ0) is 18.9. The monoisotopic (exact) mass is 378 g/mol. The largest absolute Gasteiger partial charge is 0.505 e. The smallest absolute Gasteiger partial charge is 0.255 e. The average molecular weight is 378 g/mol. The molecule has 1 saturated carbocycles. The minimum atomic E-state index is -3.74. The Hall–Kier alpha value is -2.45. The van der Waals surface area contributed by atoms with Crippen molar-refractivity contribution in [3.63, 3.8) is 0 Å². The van der Waals surface area contributed by atoms with Crippen molar-refractivity contribution in [3.05, 3.63) is 53.8 Å². The number of phenolic OH excluding ortho intramolecular Hbond substituents is 1. The molecule has 2 aromatic carbocycles. The van der Waals surface area contributed by atoms with Crippen LogP contribution >= 0.6 is 0 Å². The first-order valence-electron chi connectivity index (χ1n) is 8.12. The molecule has 138 valence electrons. The third-order valence-electron chi connectivity index (χ3n) is 4.45. The predicted molar refractivity (Wildman–Crippen MR) is 95.0 cm³/mol. The van der Waals surface area contributed by atoms with Crippen LogP contribution in [0.15, 0.2) is 47.4 Å². The predicted octanol–water partition coefficient (Wildman–Crippen LogP) is 3.00. The Labute approximate surface area is 151 Å². The van der Waals surface area contributed by atoms with Crippen molar-refractivity contribution >= 4 is 21.6 Å². The highest BCUT2D eigenvalue weighted by Crippen LogP contribution is 2.32. The second-order valence-corrected chi connectivity index (χ2v) is 8.35. The molecule has 0 aliphatic heterocycles. The van der Waals surface area contributed by atoms with Crippen LogP contribution < -0.4 is 10.0 Å². The summed E-state index contributed by atoms with van der Waals surface area (Å²) in [4.78, 5) is 12.3. The van der Waals surface area contributed by atoms with E-state index in [0.717, 1.165) is 31.4 Å². The topological polar surface area (TPSA) is 95.5 Å². The number of rotatable bonds is 5. The lowest BCUT2D eigenvalue weighted by atomic mass is 9.80. The molecule has 0 bridgehead atoms. The minimum absolute atomic E-state index is 0.000211. The van der Waals surface area contributed by atoms with E-state index in [-0.39, 0.29) is 16.1 Å². The van der Waals surface area contributed by atoms with Gasteiger partial charge >= 0.3 is 0 Å². The summed E-state index contributed by atoms with van der Waals surface area (Å²) in [7, 11) is -3.74. The molecule has 26 heavy (non-hydrogen) atoms. The fourth-order valence-corrected chi connectivity index (χ4v) is 4.30. The molecule has 0 aromatic heterocycles. The van der Waals surface area contributed by atoms with E-state index in [2.05, 4.69) is 10.0 Å². The molecule has 0 spiro atoms. The van der Waals surface area contributed by atoms with Crippen LogP contribution in [0.2, 0.25) is 0 Å². The van der Waals surface area contributed by atoms with E-state index in [1.54, 1.807) is 0 Å². The Kier molecular flexibility index (Phi) is 4.72. The maximum atomic E-state index is 13.1. The van der Waals surface area contributed by atoms with Gasteiger partial charge in [0.1, 0.15) is 0 Å². The number of carbonyl (C=O) groups is 1. The van der Waals surface area contributed by atoms with Crippen molar-refractivity contribution in [2.75, 3.05) is 5.32 Å². The number of sulfonamides is 1. The van der Waals surface area contributed by atoms with Gasteiger partial charge in [-0.3, -0.25) is 4.79 Å². The van der Waals surface area contributed by atoms with Crippen LogP contribution in [-0.4, -0.2) is 25.0 Å². The third kappa shape index (κ3) is 3.86. The number of benzene rings is 2. The Morgan fingerprint density at radius 3 is 2.54 bits per heavy atom. The van der Waals surface area contributed by atoms with Gasteiger partial charge in [0, 0.05) is 22.9 Å². The van der Waals surface area contributed by atoms with Gasteiger partial charge in [0.25, 0.3) is 5.91 Å². The zero-order valence-corrected chi connectivity index (χ0v) is 14.9. The first kappa shape index (κ1) is 18.3. The number of hydrogen-bond acceptors (Lipinski definition) is 4. The van der Waals surface area contributed by atoms with E-state index in [4.69, 9.17) is 0 Å². The zero-order valence-electron chi connectivity index (χ0n) is 14.1. The number of carbonyl (C=O) groups excluding carboxylic acids is 1. The van der Waals surface area contributed by atoms with Crippen molar-refractivity contribution < 1.29 is 22.7 Å². The van der Waals surface area contributed by atoms with Crippen molar-refractivity contribution in [1.29, 1.82) is 0 Å². The molecule has 0 radical (unpaired) electrons. The fraction of sp³-hybridized carbons (Fsp3) is 0.278. The molecule has 1 fully saturated rings. The number of hydrogen-bond donors (Lipinski definition) is 3. The van der Waals surface area contributed by atoms with Crippen LogP contribution in [0.3, 0.4) is 0 Å². The molecule has 6 nitrogen and oxygen atoms in total. The molecule has 1 aliphatic rings. The Bertz CT molecular complexity index is 955. The van der Waals surface area contributed by atoms with Gasteiger partial charge in [-0.15, -0.1) is 0 Å². The van der Waals surface area contributed by atoms with Crippen LogP contribution in [0, 0.1) is 5.82 Å². The van der Waals surface area contributed by atoms with Crippen LogP contribution in [0.5, 0.6) is 5.75 Å². The number of amides is 1. The van der Waals surface area contributed by atoms with E-state index in [9.17, 15) is 22.7 Å². The summed E-state index contributed by atoms with van der Waals surface area (Å²) in [6, 6.07) is 9.06. The maximum Gasteiger partial charge on any atom is 0.255 e. The molecular formula is C18H19FN2O4S. The number of halogens is 1. The van der Waals surface area contributed by atoms with E-state index >= 15 is 0 Å². The van der Waals surface area contributed by atoms with E-state index in [1.165, 1.54) is 30.3 Å². The van der Waals surface area contributed by atoms with Crippen molar-refractivity contribution in [2.24, 2.45) is 0 Å². The van der Waals surface area contributed by atoms with E-state index < -0.39 is 33.0 Å². The molecule has 1 aliphatic carbocycles. The summed E-state index contributed by atoms with van der Waals surface area (Å²) in [6.45, 7) is 1.85. The molecule has 3 N–H and O–H groups in total. The summed E-state index contributed by atoms with van der Waals surface area (Å²) in [5.41, 5.74) is -0.111. The molecule has 0 atom stereocenters. The maximum absolute atomic E-state index is 13.1. The highest BCUT2D eigenvalue weighted by molar-refractivity contribution is 7.89. The summed E-state index contributed by atoms with van der Waals surface area (Å²) >= 11 is 0. The standard InChI is InChI=1S/C18H19FN2O4S/c1-18(8-3-9-18)21-26(24,25)14-5-2-4-12(10-14)17(23)20-13-6-7-15(19)16(22)11-13/h2,4-7,10-11,21-22H,3,8-9H2,1H3,(H,20,23). The summed E-state index contributed by atoms with van der Waals surface area (Å²) < 4.78 is 40.8. The Morgan fingerprint density at radius 1 is 1.19 bits per heavy atom. The summed E-state index contributed by atoms with van der Waals surface area (Å²) in [5, 5.41) is 11.9. The van der Waals surface area contributed by atoms with Gasteiger partial charge in [0.2, 0.25) is 10.0 Å². The Balaban J connectivity index is 1.79. The quantitative estimate of drug-likeness (QED) is 0.745. The van der Waals surface area contributed by atoms with Gasteiger partial charge in [0.15, 0.2) is 11.6 Å². The molecule has 3 rings (SSSR count). The van der Waals surface area contributed by atoms with Gasteiger partial charge in [-0.2, -0.15) is 0 Å². The van der Waals surface area contributed by atoms with Crippen molar-refractivity contribution in [2.45, 2.75) is 36.6 Å². The molecule has 0 heterocycles. The first-order chi connectivity index (χ1) is 12.2. The normalized spacial score (nSPS) is 15.9. The van der Waals surface area contributed by atoms with Gasteiger partial charge in [0.05, 0.1) is 4.90 Å². The van der Waals surface area contributed by atoms with Crippen molar-refractivity contribution in [1.82, 2.24) is 4.72 Å². The summed E-state index contributed by atoms with van der Waals surface area (Å²) in [6.07, 6.45) is 2.53. The number of phenols is 1. The molecular weight excluding hydrogens is 359 g/mol. The van der Waals surface area contributed by atoms with Gasteiger partial charge < -0.3 is 10.4 Å². The highest BCUT2D eigenvalue weighted by atomic mass is 32.2. The fourth-order valence-electron chi connectivity index (χ4n) is 2.79. The SMILES string of the molecule is CC1(NS(=O)(=O)c2cccc(C(=O)Nc3ccc(F)c(O)c3)c2)CCC1. The molecule has 8 heteroatoms. The molecule has 0 unspecified atom stereocenters. The second-order valence-electron chi connectivity index (χ2n) is 6.67. The number of nitrogens with one attached hydrogen (secondary N) is 2. The molecule has 2 aromatic rings. The summed E-state index contributed by atoms with van der Waals surface area (Å²) in [5.74, 6) is -1.95. The molecule has 0 saturated heterocycles. The lowest BCUT2D eigenvalue weighted by Crippen LogP contribution is -2.50. The van der Waals surface area contributed by atoms with Gasteiger partial charge in [-0.25, -0.2) is 17.5 Å².